The van der Waals surface area contributed by atoms with Gasteiger partial charge >= 0.3 is 5.97 Å². The minimum Gasteiger partial charge on any atom is -0.493 e. The van der Waals surface area contributed by atoms with Crippen molar-refractivity contribution in [2.24, 2.45) is 0 Å². The number of halogens is 1. The number of ether oxygens (including phenoxy) is 2. The van der Waals surface area contributed by atoms with Gasteiger partial charge < -0.3 is 24.2 Å². The highest BCUT2D eigenvalue weighted by molar-refractivity contribution is 7.89. The zero-order valence-electron chi connectivity index (χ0n) is 24.6. The van der Waals surface area contributed by atoms with Crippen molar-refractivity contribution in [3.05, 3.63) is 91.9 Å². The second kappa shape index (κ2) is 15.3. The van der Waals surface area contributed by atoms with Gasteiger partial charge in [-0.2, -0.15) is 4.72 Å². The highest BCUT2D eigenvalue weighted by Gasteiger charge is 2.35. The number of ketones is 1. The molecule has 11 nitrogen and oxygen atoms in total. The maximum absolute atomic E-state index is 14.3. The molecule has 4 rings (SSSR count). The monoisotopic (exact) mass is 673 g/mol. The molecule has 14 heteroatoms. The minimum atomic E-state index is -4.51. The number of hydrogen-bond acceptors (Lipinski definition) is 9. The van der Waals surface area contributed by atoms with Gasteiger partial charge in [0.1, 0.15) is 29.0 Å². The largest absolute Gasteiger partial charge is 0.493 e. The lowest BCUT2D eigenvalue weighted by atomic mass is 10.0. The number of amides is 1. The Morgan fingerprint density at radius 2 is 1.87 bits per heavy atom. The summed E-state index contributed by atoms with van der Waals surface area (Å²) >= 11 is 7.77. The maximum Gasteiger partial charge on any atom is 0.325 e. The van der Waals surface area contributed by atoms with Crippen LogP contribution in [0.25, 0.3) is 10.9 Å². The number of aromatic nitrogens is 1. The molecule has 45 heavy (non-hydrogen) atoms. The predicted molar refractivity (Wildman–Crippen MR) is 171 cm³/mol. The summed E-state index contributed by atoms with van der Waals surface area (Å²) in [6, 6.07) is 13.8. The third-order valence-electron chi connectivity index (χ3n) is 6.61. The van der Waals surface area contributed by atoms with E-state index in [2.05, 4.69) is 9.71 Å². The van der Waals surface area contributed by atoms with Crippen LogP contribution in [0.15, 0.2) is 75.7 Å². The standard InChI is InChI=1S/C31H32ClN3O8S2/c1-3-42-29(38)19-35(18-22-9-7-15-44-22)31(39)30(23-10-4-5-11-26(23)43-14-6-8-20(2)36)34-45(40,41)27-16-21-12-13-28(37)33-25(21)17-24(27)32/h4-5,7,9-13,15-17,30,34H,3,6,8,14,18-19H2,1-2H3,(H,33,37)/t30-/m1/s1. The number of rotatable bonds is 15. The summed E-state index contributed by atoms with van der Waals surface area (Å²) in [6.45, 7) is 2.93. The number of Topliss-reactive ketones (excluding diaryl/α,β-unsaturated/α-hetero) is 1. The Morgan fingerprint density at radius 3 is 2.58 bits per heavy atom. The van der Waals surface area contributed by atoms with E-state index in [9.17, 15) is 27.6 Å². The number of thiophene rings is 1. The van der Waals surface area contributed by atoms with Crippen LogP contribution in [0, 0.1) is 0 Å². The molecule has 1 amide bonds. The van der Waals surface area contributed by atoms with E-state index in [-0.39, 0.29) is 58.8 Å². The summed E-state index contributed by atoms with van der Waals surface area (Å²) in [5.41, 5.74) is 0.139. The van der Waals surface area contributed by atoms with E-state index < -0.39 is 34.5 Å². The molecule has 0 aliphatic rings. The number of carbonyl (C=O) groups is 3. The third-order valence-corrected chi connectivity index (χ3v) is 9.36. The zero-order valence-corrected chi connectivity index (χ0v) is 27.0. The van der Waals surface area contributed by atoms with E-state index >= 15 is 0 Å². The number of aromatic amines is 1. The van der Waals surface area contributed by atoms with Crippen molar-refractivity contribution in [3.8, 4) is 5.75 Å². The van der Waals surface area contributed by atoms with E-state index in [0.717, 1.165) is 4.88 Å². The molecule has 0 fully saturated rings. The molecule has 238 valence electrons. The number of sulfonamides is 1. The predicted octanol–water partition coefficient (Wildman–Crippen LogP) is 4.60. The number of H-pyrrole nitrogens is 1. The van der Waals surface area contributed by atoms with Crippen molar-refractivity contribution < 1.29 is 32.3 Å². The Morgan fingerprint density at radius 1 is 1.09 bits per heavy atom. The molecule has 0 spiro atoms. The summed E-state index contributed by atoms with van der Waals surface area (Å²) in [7, 11) is -4.51. The van der Waals surface area contributed by atoms with Crippen LogP contribution < -0.4 is 15.0 Å². The SMILES string of the molecule is CCOC(=O)CN(Cc1cccs1)C(=O)[C@H](NS(=O)(=O)c1cc2ccc(=O)[nH]c2cc1Cl)c1ccccc1OCCCC(C)=O. The van der Waals surface area contributed by atoms with Crippen LogP contribution in [-0.4, -0.2) is 55.7 Å². The molecular formula is C31H32ClN3O8S2. The molecule has 4 aromatic rings. The van der Waals surface area contributed by atoms with Crippen molar-refractivity contribution in [2.75, 3.05) is 19.8 Å². The fourth-order valence-corrected chi connectivity index (χ4v) is 6.98. The van der Waals surface area contributed by atoms with Crippen LogP contribution in [0.4, 0.5) is 0 Å². The van der Waals surface area contributed by atoms with Crippen LogP contribution >= 0.6 is 22.9 Å². The lowest BCUT2D eigenvalue weighted by Gasteiger charge is -2.28. The van der Waals surface area contributed by atoms with Crippen LogP contribution in [0.5, 0.6) is 5.75 Å². The van der Waals surface area contributed by atoms with Crippen molar-refractivity contribution in [1.29, 1.82) is 0 Å². The van der Waals surface area contributed by atoms with E-state index in [4.69, 9.17) is 21.1 Å². The molecule has 0 unspecified atom stereocenters. The lowest BCUT2D eigenvalue weighted by molar-refractivity contribution is -0.149. The number of fused-ring (bicyclic) bond motifs is 1. The van der Waals surface area contributed by atoms with Crippen LogP contribution in [0.3, 0.4) is 0 Å². The minimum absolute atomic E-state index is 0.00720. The first-order valence-electron chi connectivity index (χ1n) is 14.0. The van der Waals surface area contributed by atoms with Crippen molar-refractivity contribution >= 4 is 61.5 Å². The van der Waals surface area contributed by atoms with Gasteiger partial charge in [0.2, 0.25) is 21.5 Å². The molecule has 1 atom stereocenters. The molecule has 2 heterocycles. The summed E-state index contributed by atoms with van der Waals surface area (Å²) in [5, 5.41) is 2.04. The van der Waals surface area contributed by atoms with E-state index in [1.165, 1.54) is 47.4 Å². The summed E-state index contributed by atoms with van der Waals surface area (Å²) in [5.74, 6) is -1.19. The highest BCUT2D eigenvalue weighted by Crippen LogP contribution is 2.32. The van der Waals surface area contributed by atoms with Gasteiger partial charge in [0, 0.05) is 28.4 Å². The molecule has 2 N–H and O–H groups in total. The average Bonchev–Trinajstić information content (AvgIpc) is 3.50. The Labute approximate surface area is 269 Å². The second-order valence-electron chi connectivity index (χ2n) is 10.0. The van der Waals surface area contributed by atoms with Gasteiger partial charge in [-0.15, -0.1) is 11.3 Å². The fraction of sp³-hybridized carbons (Fsp3) is 0.290. The summed E-state index contributed by atoms with van der Waals surface area (Å²) in [6.07, 6.45) is 0.702. The van der Waals surface area contributed by atoms with Crippen LogP contribution in [0.2, 0.25) is 5.02 Å². The number of nitrogens with one attached hydrogen (secondary N) is 2. The molecule has 0 saturated heterocycles. The molecular weight excluding hydrogens is 642 g/mol. The Hall–Kier alpha value is -4.04. The molecule has 2 aromatic heterocycles. The highest BCUT2D eigenvalue weighted by atomic mass is 35.5. The lowest BCUT2D eigenvalue weighted by Crippen LogP contribution is -2.45. The first kappa shape index (κ1) is 33.8. The normalized spacial score (nSPS) is 12.1. The molecule has 0 aliphatic heterocycles. The van der Waals surface area contributed by atoms with Gasteiger partial charge in [0.25, 0.3) is 0 Å². The Balaban J connectivity index is 1.78. The van der Waals surface area contributed by atoms with E-state index in [0.29, 0.717) is 17.3 Å². The molecule has 0 saturated carbocycles. The average molecular weight is 674 g/mol. The van der Waals surface area contributed by atoms with Gasteiger partial charge in [-0.05, 0) is 61.4 Å². The molecule has 0 aliphatic carbocycles. The van der Waals surface area contributed by atoms with E-state index in [1.54, 1.807) is 43.3 Å². The summed E-state index contributed by atoms with van der Waals surface area (Å²) in [4.78, 5) is 54.4. The first-order chi connectivity index (χ1) is 21.5. The van der Waals surface area contributed by atoms with Crippen LogP contribution in [0.1, 0.15) is 43.2 Å². The van der Waals surface area contributed by atoms with Crippen molar-refractivity contribution in [1.82, 2.24) is 14.6 Å². The number of pyridine rings is 1. The van der Waals surface area contributed by atoms with Gasteiger partial charge in [-0.25, -0.2) is 8.42 Å². The number of para-hydroxylation sites is 1. The zero-order chi connectivity index (χ0) is 32.6. The van der Waals surface area contributed by atoms with Gasteiger partial charge in [0.05, 0.1) is 24.8 Å². The Kier molecular flexibility index (Phi) is 11.5. The number of nitrogens with zero attached hydrogens (tertiary/aromatic N) is 1. The molecule has 0 radical (unpaired) electrons. The van der Waals surface area contributed by atoms with E-state index in [1.807, 2.05) is 5.38 Å². The quantitative estimate of drug-likeness (QED) is 0.137. The van der Waals surface area contributed by atoms with Gasteiger partial charge in [-0.3, -0.25) is 14.4 Å². The topological polar surface area (TPSA) is 152 Å². The summed E-state index contributed by atoms with van der Waals surface area (Å²) < 4.78 is 41.4. The second-order valence-corrected chi connectivity index (χ2v) is 13.1. The molecule has 0 bridgehead atoms. The molecule has 2 aromatic carbocycles. The number of esters is 1. The smallest absolute Gasteiger partial charge is 0.325 e. The van der Waals surface area contributed by atoms with Crippen molar-refractivity contribution in [3.63, 3.8) is 0 Å². The van der Waals surface area contributed by atoms with Crippen molar-refractivity contribution in [2.45, 2.75) is 44.2 Å². The first-order valence-corrected chi connectivity index (χ1v) is 16.8. The number of carbonyl (C=O) groups excluding carboxylic acids is 3. The van der Waals surface area contributed by atoms with Crippen LogP contribution in [-0.2, 0) is 35.7 Å². The number of benzene rings is 2. The fourth-order valence-electron chi connectivity index (χ4n) is 4.53. The van der Waals surface area contributed by atoms with Gasteiger partial charge in [-0.1, -0.05) is 35.9 Å². The van der Waals surface area contributed by atoms with Gasteiger partial charge in [0.15, 0.2) is 0 Å². The number of hydrogen-bond donors (Lipinski definition) is 2. The third kappa shape index (κ3) is 9.01. The maximum atomic E-state index is 14.3. The Bertz CT molecular complexity index is 1840.